The molecule has 1 aliphatic heterocycles. The van der Waals surface area contributed by atoms with Crippen LogP contribution in [-0.2, 0) is 17.8 Å². The Morgan fingerprint density at radius 3 is 2.45 bits per heavy atom. The monoisotopic (exact) mass is 680 g/mol. The van der Waals surface area contributed by atoms with Gasteiger partial charge in [0, 0.05) is 42.6 Å². The number of rotatable bonds is 6. The first-order valence-electron chi connectivity index (χ1n) is 16.3. The van der Waals surface area contributed by atoms with Gasteiger partial charge in [-0.15, -0.1) is 11.3 Å². The zero-order chi connectivity index (χ0) is 34.5. The van der Waals surface area contributed by atoms with Gasteiger partial charge in [0.05, 0.1) is 18.9 Å². The molecule has 3 N–H and O–H groups in total. The highest BCUT2D eigenvalue weighted by Gasteiger charge is 2.29. The van der Waals surface area contributed by atoms with Crippen LogP contribution in [0.3, 0.4) is 0 Å². The lowest BCUT2D eigenvalue weighted by atomic mass is 10.0. The van der Waals surface area contributed by atoms with Crippen LogP contribution in [0, 0.1) is 12.8 Å². The van der Waals surface area contributed by atoms with Gasteiger partial charge in [-0.2, -0.15) is 0 Å². The van der Waals surface area contributed by atoms with Crippen molar-refractivity contribution in [2.75, 3.05) is 13.1 Å². The Labute approximate surface area is 289 Å². The van der Waals surface area contributed by atoms with E-state index in [-0.39, 0.29) is 47.6 Å². The first kappa shape index (κ1) is 33.7. The molecule has 0 spiro atoms. The Morgan fingerprint density at radius 2 is 1.73 bits per heavy atom. The van der Waals surface area contributed by atoms with E-state index in [0.29, 0.717) is 30.3 Å². The molecule has 1 aliphatic rings. The number of aromatic nitrogens is 4. The first-order chi connectivity index (χ1) is 23.6. The summed E-state index contributed by atoms with van der Waals surface area (Å²) in [4.78, 5) is 56.0. The van der Waals surface area contributed by atoms with E-state index in [4.69, 9.17) is 4.42 Å². The second-order valence-electron chi connectivity index (χ2n) is 12.7. The molecule has 0 radical (unpaired) electrons. The van der Waals surface area contributed by atoms with E-state index in [2.05, 4.69) is 30.9 Å². The molecule has 3 atom stereocenters. The Balaban J connectivity index is 1.34. The van der Waals surface area contributed by atoms with Crippen LogP contribution < -0.4 is 16.0 Å². The van der Waals surface area contributed by atoms with E-state index in [0.717, 1.165) is 16.8 Å². The Morgan fingerprint density at radius 1 is 0.959 bits per heavy atom. The highest BCUT2D eigenvalue weighted by Crippen LogP contribution is 2.25. The van der Waals surface area contributed by atoms with Crippen molar-refractivity contribution in [3.05, 3.63) is 118 Å². The van der Waals surface area contributed by atoms with Gasteiger partial charge in [0.15, 0.2) is 5.69 Å². The maximum atomic E-state index is 13.8. The third-order valence-corrected chi connectivity index (χ3v) is 9.43. The third kappa shape index (κ3) is 8.30. The van der Waals surface area contributed by atoms with E-state index in [1.165, 1.54) is 11.3 Å². The summed E-state index contributed by atoms with van der Waals surface area (Å²) >= 11 is 1.30. The van der Waals surface area contributed by atoms with Crippen molar-refractivity contribution in [3.8, 4) is 5.69 Å². The van der Waals surface area contributed by atoms with Crippen LogP contribution in [-0.4, -0.2) is 61.3 Å². The zero-order valence-electron chi connectivity index (χ0n) is 27.9. The molecule has 254 valence electrons. The summed E-state index contributed by atoms with van der Waals surface area (Å²) in [7, 11) is 0. The molecule has 5 aromatic rings. The second-order valence-corrected chi connectivity index (χ2v) is 13.6. The van der Waals surface area contributed by atoms with Crippen LogP contribution in [0.1, 0.15) is 81.6 Å². The fourth-order valence-corrected chi connectivity index (χ4v) is 6.68. The van der Waals surface area contributed by atoms with E-state index >= 15 is 0 Å². The Kier molecular flexibility index (Phi) is 10.3. The summed E-state index contributed by atoms with van der Waals surface area (Å²) < 4.78 is 7.90. The van der Waals surface area contributed by atoms with Gasteiger partial charge in [-0.3, -0.25) is 19.3 Å². The van der Waals surface area contributed by atoms with Crippen molar-refractivity contribution in [1.82, 2.24) is 40.4 Å². The number of carbonyl (C=O) groups excluding carboxylic acids is 3. The molecule has 6 rings (SSSR count). The summed E-state index contributed by atoms with van der Waals surface area (Å²) in [6, 6.07) is 16.6. The van der Waals surface area contributed by atoms with Gasteiger partial charge in [0.25, 0.3) is 11.8 Å². The smallest absolute Gasteiger partial charge is 0.274 e. The van der Waals surface area contributed by atoms with E-state index in [1.807, 2.05) is 91.0 Å². The topological polar surface area (TPSA) is 147 Å². The molecule has 0 fully saturated rings. The molecule has 3 aromatic heterocycles. The van der Waals surface area contributed by atoms with Gasteiger partial charge >= 0.3 is 0 Å². The maximum Gasteiger partial charge on any atom is 0.274 e. The Bertz CT molecular complexity index is 1890. The minimum absolute atomic E-state index is 0.0407. The molecule has 0 saturated carbocycles. The highest BCUT2D eigenvalue weighted by molar-refractivity contribution is 7.09. The quantitative estimate of drug-likeness (QED) is 0.232. The zero-order valence-corrected chi connectivity index (χ0v) is 28.7. The van der Waals surface area contributed by atoms with Crippen molar-refractivity contribution in [1.29, 1.82) is 0 Å². The molecule has 49 heavy (non-hydrogen) atoms. The number of nitrogens with one attached hydrogen (secondary N) is 3. The molecule has 13 heteroatoms. The second kappa shape index (κ2) is 15.0. The summed E-state index contributed by atoms with van der Waals surface area (Å²) in [5.74, 6) is -0.448. The van der Waals surface area contributed by atoms with Gasteiger partial charge in [-0.1, -0.05) is 56.3 Å². The molecule has 4 bridgehead atoms. The third-order valence-electron chi connectivity index (χ3n) is 8.40. The lowest BCUT2D eigenvalue weighted by molar-refractivity contribution is -0.123. The minimum atomic E-state index is -0.568. The van der Waals surface area contributed by atoms with Crippen molar-refractivity contribution in [2.45, 2.75) is 58.8 Å². The molecular weight excluding hydrogens is 641 g/mol. The van der Waals surface area contributed by atoms with Crippen molar-refractivity contribution in [2.24, 2.45) is 5.92 Å². The van der Waals surface area contributed by atoms with Crippen molar-refractivity contribution >= 4 is 29.1 Å². The summed E-state index contributed by atoms with van der Waals surface area (Å²) in [5, 5.41) is 11.5. The number of aryl methyl sites for hydroxylation is 1. The maximum absolute atomic E-state index is 13.8. The number of thiazole rings is 1. The molecule has 0 saturated heterocycles. The Hall–Kier alpha value is -5.14. The SMILES string of the molecule is Cc1oc2nc1C(=O)N[C@H](C)c1nc(cs1)C(=O)N[C@H](Cc1ccccc1)CN(Cc1ccc(-n3ccnc3)cc1)CC(=O)N[C@H]2C(C)C. The van der Waals surface area contributed by atoms with Gasteiger partial charge < -0.3 is 24.9 Å². The number of benzene rings is 2. The molecule has 12 nitrogen and oxygen atoms in total. The van der Waals surface area contributed by atoms with Crippen LogP contribution in [0.2, 0.25) is 0 Å². The number of nitrogens with zero attached hydrogens (tertiary/aromatic N) is 5. The van der Waals surface area contributed by atoms with Gasteiger partial charge in [0.2, 0.25) is 11.8 Å². The number of amides is 3. The standard InChI is InChI=1S/C36H40N8O4S/c1-22(2)31-35-42-32(24(4)48-35)34(47)38-23(3)36-40-29(20-49-36)33(46)39-27(16-25-8-6-5-7-9-25)18-43(19-30(45)41-31)17-26-10-12-28(13-11-26)44-15-14-37-21-44/h5-15,20-23,27,31H,16-19H2,1-4H3,(H,38,47)(H,39,46)(H,41,45)/t23-,27-,31+/m1/s1. The minimum Gasteiger partial charge on any atom is -0.443 e. The molecular formula is C36H40N8O4S. The average molecular weight is 681 g/mol. The number of fused-ring (bicyclic) bond motifs is 4. The summed E-state index contributed by atoms with van der Waals surface area (Å²) in [5.41, 5.74) is 3.43. The highest BCUT2D eigenvalue weighted by atomic mass is 32.1. The number of imidazole rings is 1. The van der Waals surface area contributed by atoms with E-state index in [9.17, 15) is 14.4 Å². The fourth-order valence-electron chi connectivity index (χ4n) is 5.87. The largest absolute Gasteiger partial charge is 0.443 e. The predicted molar refractivity (Wildman–Crippen MR) is 185 cm³/mol. The van der Waals surface area contributed by atoms with E-state index in [1.54, 1.807) is 24.8 Å². The number of hydrogen-bond acceptors (Lipinski definition) is 9. The number of oxazole rings is 1. The van der Waals surface area contributed by atoms with Gasteiger partial charge in [-0.25, -0.2) is 15.0 Å². The normalized spacial score (nSPS) is 19.5. The number of carbonyl (C=O) groups is 3. The molecule has 2 aromatic carbocycles. The molecule has 4 heterocycles. The van der Waals surface area contributed by atoms with Crippen LogP contribution in [0.25, 0.3) is 5.69 Å². The first-order valence-corrected chi connectivity index (χ1v) is 17.2. The van der Waals surface area contributed by atoms with Gasteiger partial charge in [-0.05, 0) is 49.4 Å². The van der Waals surface area contributed by atoms with Crippen LogP contribution in [0.15, 0.2) is 83.1 Å². The predicted octanol–water partition coefficient (Wildman–Crippen LogP) is 4.79. The molecule has 3 amide bonds. The fraction of sp³-hybridized carbons (Fsp3) is 0.333. The van der Waals surface area contributed by atoms with Crippen LogP contribution in [0.4, 0.5) is 0 Å². The summed E-state index contributed by atoms with van der Waals surface area (Å²) in [6.45, 7) is 8.28. The van der Waals surface area contributed by atoms with Crippen molar-refractivity contribution < 1.29 is 18.8 Å². The lowest BCUT2D eigenvalue weighted by Gasteiger charge is -2.29. The van der Waals surface area contributed by atoms with Crippen molar-refractivity contribution in [3.63, 3.8) is 0 Å². The molecule has 0 unspecified atom stereocenters. The summed E-state index contributed by atoms with van der Waals surface area (Å²) in [6.07, 6.45) is 5.90. The molecule has 0 aliphatic carbocycles. The van der Waals surface area contributed by atoms with Crippen LogP contribution in [0.5, 0.6) is 0 Å². The number of hydrogen-bond donors (Lipinski definition) is 3. The van der Waals surface area contributed by atoms with Crippen LogP contribution >= 0.6 is 11.3 Å². The average Bonchev–Trinajstić information content (AvgIpc) is 3.86. The van der Waals surface area contributed by atoms with E-state index < -0.39 is 18.0 Å². The lowest BCUT2D eigenvalue weighted by Crippen LogP contribution is -2.48. The van der Waals surface area contributed by atoms with Gasteiger partial charge in [0.1, 0.15) is 22.5 Å².